The van der Waals surface area contributed by atoms with E-state index in [4.69, 9.17) is 4.74 Å². The fraction of sp³-hybridized carbons (Fsp3) is 0.200. The Balaban J connectivity index is 1.96. The molecule has 0 aliphatic rings. The number of ether oxygens (including phenoxy) is 1. The fourth-order valence-corrected chi connectivity index (χ4v) is 1.77. The molecule has 0 aliphatic carbocycles. The normalized spacial score (nSPS) is 10.4. The van der Waals surface area contributed by atoms with E-state index < -0.39 is 0 Å². The monoisotopic (exact) mass is 257 g/mol. The smallest absolute Gasteiger partial charge is 0.274 e. The van der Waals surface area contributed by atoms with Crippen molar-refractivity contribution in [3.05, 3.63) is 75.3 Å². The maximum absolute atomic E-state index is 10.8. The Labute approximate surface area is 111 Å². The zero-order valence-corrected chi connectivity index (χ0v) is 10.7. The highest BCUT2D eigenvalue weighted by Crippen LogP contribution is 2.19. The summed E-state index contributed by atoms with van der Waals surface area (Å²) in [5.41, 5.74) is 2.96. The predicted octanol–water partition coefficient (Wildman–Crippen LogP) is 3.62. The van der Waals surface area contributed by atoms with Crippen molar-refractivity contribution < 1.29 is 9.66 Å². The number of nitro groups is 1. The van der Waals surface area contributed by atoms with Gasteiger partial charge in [-0.2, -0.15) is 0 Å². The van der Waals surface area contributed by atoms with Crippen LogP contribution in [0.3, 0.4) is 0 Å². The molecule has 0 atom stereocenters. The van der Waals surface area contributed by atoms with Gasteiger partial charge in [0.05, 0.1) is 23.7 Å². The quantitative estimate of drug-likeness (QED) is 0.607. The van der Waals surface area contributed by atoms with Gasteiger partial charge in [-0.3, -0.25) is 10.1 Å². The fourth-order valence-electron chi connectivity index (χ4n) is 1.77. The van der Waals surface area contributed by atoms with E-state index in [2.05, 4.69) is 0 Å². The molecule has 0 aromatic heterocycles. The van der Waals surface area contributed by atoms with Crippen LogP contribution < -0.4 is 0 Å². The number of hydrogen-bond acceptors (Lipinski definition) is 3. The van der Waals surface area contributed by atoms with Crippen LogP contribution in [0.4, 0.5) is 5.69 Å². The summed E-state index contributed by atoms with van der Waals surface area (Å²) >= 11 is 0. The van der Waals surface area contributed by atoms with E-state index in [1.54, 1.807) is 18.2 Å². The van der Waals surface area contributed by atoms with E-state index in [0.717, 1.165) is 5.56 Å². The van der Waals surface area contributed by atoms with Gasteiger partial charge in [-0.25, -0.2) is 0 Å². The lowest BCUT2D eigenvalue weighted by Gasteiger charge is -2.05. The Kier molecular flexibility index (Phi) is 4.26. The van der Waals surface area contributed by atoms with Crippen LogP contribution in [-0.4, -0.2) is 4.92 Å². The molecular weight excluding hydrogens is 242 g/mol. The highest BCUT2D eigenvalue weighted by atomic mass is 16.6. The molecule has 0 spiro atoms. The van der Waals surface area contributed by atoms with Gasteiger partial charge in [0.2, 0.25) is 0 Å². The SMILES string of the molecule is Cc1ccc(COCc2ccccc2[N+](=O)[O-])cc1. The third-order valence-corrected chi connectivity index (χ3v) is 2.84. The van der Waals surface area contributed by atoms with Crippen molar-refractivity contribution in [3.63, 3.8) is 0 Å². The summed E-state index contributed by atoms with van der Waals surface area (Å²) in [6, 6.07) is 14.7. The number of nitrogens with zero attached hydrogens (tertiary/aromatic N) is 1. The van der Waals surface area contributed by atoms with Crippen molar-refractivity contribution in [2.45, 2.75) is 20.1 Å². The van der Waals surface area contributed by atoms with Crippen molar-refractivity contribution in [3.8, 4) is 0 Å². The molecule has 0 amide bonds. The number of benzene rings is 2. The molecular formula is C15H15NO3. The van der Waals surface area contributed by atoms with E-state index >= 15 is 0 Å². The molecule has 0 heterocycles. The van der Waals surface area contributed by atoms with Crippen LogP contribution in [0.5, 0.6) is 0 Å². The number of hydrogen-bond donors (Lipinski definition) is 0. The van der Waals surface area contributed by atoms with Crippen LogP contribution in [0, 0.1) is 17.0 Å². The highest BCUT2D eigenvalue weighted by Gasteiger charge is 2.11. The minimum absolute atomic E-state index is 0.103. The summed E-state index contributed by atoms with van der Waals surface area (Å²) in [5.74, 6) is 0. The number of nitro benzene ring substituents is 1. The Morgan fingerprint density at radius 2 is 1.74 bits per heavy atom. The van der Waals surface area contributed by atoms with Gasteiger partial charge in [0.1, 0.15) is 0 Å². The third kappa shape index (κ3) is 3.63. The van der Waals surface area contributed by atoms with Crippen LogP contribution in [0.25, 0.3) is 0 Å². The summed E-state index contributed by atoms with van der Waals surface area (Å²) in [6.07, 6.45) is 0. The van der Waals surface area contributed by atoms with Crippen molar-refractivity contribution >= 4 is 5.69 Å². The number of rotatable bonds is 5. The van der Waals surface area contributed by atoms with E-state index in [1.165, 1.54) is 11.6 Å². The first-order valence-electron chi connectivity index (χ1n) is 6.02. The summed E-state index contributed by atoms with van der Waals surface area (Å²) in [6.45, 7) is 2.72. The molecule has 4 nitrogen and oxygen atoms in total. The Morgan fingerprint density at radius 3 is 2.42 bits per heavy atom. The van der Waals surface area contributed by atoms with Crippen molar-refractivity contribution in [2.75, 3.05) is 0 Å². The van der Waals surface area contributed by atoms with Crippen LogP contribution in [0.2, 0.25) is 0 Å². The Bertz CT molecular complexity index is 564. The standard InChI is InChI=1S/C15H15NO3/c1-12-6-8-13(9-7-12)10-19-11-14-4-2-3-5-15(14)16(17)18/h2-9H,10-11H2,1H3. The molecule has 0 aliphatic heterocycles. The Hall–Kier alpha value is -2.20. The van der Waals surface area contributed by atoms with Gasteiger partial charge in [0.15, 0.2) is 0 Å². The molecule has 0 radical (unpaired) electrons. The number of para-hydroxylation sites is 1. The van der Waals surface area contributed by atoms with Gasteiger partial charge < -0.3 is 4.74 Å². The second kappa shape index (κ2) is 6.11. The molecule has 0 unspecified atom stereocenters. The lowest BCUT2D eigenvalue weighted by molar-refractivity contribution is -0.386. The van der Waals surface area contributed by atoms with Crippen molar-refractivity contribution in [2.24, 2.45) is 0 Å². The first-order valence-corrected chi connectivity index (χ1v) is 6.02. The molecule has 19 heavy (non-hydrogen) atoms. The minimum atomic E-state index is -0.384. The molecule has 2 rings (SSSR count). The summed E-state index contributed by atoms with van der Waals surface area (Å²) < 4.78 is 5.53. The summed E-state index contributed by atoms with van der Waals surface area (Å²) in [7, 11) is 0. The Morgan fingerprint density at radius 1 is 1.05 bits per heavy atom. The van der Waals surface area contributed by atoms with Gasteiger partial charge in [0, 0.05) is 6.07 Å². The second-order valence-corrected chi connectivity index (χ2v) is 4.36. The number of aryl methyl sites for hydroxylation is 1. The molecule has 0 saturated carbocycles. The van der Waals surface area contributed by atoms with Crippen LogP contribution >= 0.6 is 0 Å². The van der Waals surface area contributed by atoms with E-state index in [1.807, 2.05) is 31.2 Å². The lowest BCUT2D eigenvalue weighted by Crippen LogP contribution is -1.99. The molecule has 98 valence electrons. The van der Waals surface area contributed by atoms with E-state index in [0.29, 0.717) is 12.2 Å². The maximum atomic E-state index is 10.8. The first-order chi connectivity index (χ1) is 9.16. The molecule has 2 aromatic rings. The molecule has 0 saturated heterocycles. The average molecular weight is 257 g/mol. The average Bonchev–Trinajstić information content (AvgIpc) is 2.41. The molecule has 0 bridgehead atoms. The lowest BCUT2D eigenvalue weighted by atomic mass is 10.1. The van der Waals surface area contributed by atoms with Gasteiger partial charge in [-0.05, 0) is 18.6 Å². The van der Waals surface area contributed by atoms with Gasteiger partial charge in [-0.15, -0.1) is 0 Å². The zero-order chi connectivity index (χ0) is 13.7. The second-order valence-electron chi connectivity index (χ2n) is 4.36. The predicted molar refractivity (Wildman–Crippen MR) is 72.8 cm³/mol. The topological polar surface area (TPSA) is 52.4 Å². The van der Waals surface area contributed by atoms with Crippen LogP contribution in [0.1, 0.15) is 16.7 Å². The first kappa shape index (κ1) is 13.2. The van der Waals surface area contributed by atoms with E-state index in [9.17, 15) is 10.1 Å². The third-order valence-electron chi connectivity index (χ3n) is 2.84. The van der Waals surface area contributed by atoms with Crippen LogP contribution in [-0.2, 0) is 18.0 Å². The molecule has 0 fully saturated rings. The highest BCUT2D eigenvalue weighted by molar-refractivity contribution is 5.39. The van der Waals surface area contributed by atoms with Crippen LogP contribution in [0.15, 0.2) is 48.5 Å². The molecule has 4 heteroatoms. The molecule has 2 aromatic carbocycles. The zero-order valence-electron chi connectivity index (χ0n) is 10.7. The van der Waals surface area contributed by atoms with E-state index in [-0.39, 0.29) is 17.2 Å². The van der Waals surface area contributed by atoms with Gasteiger partial charge in [-0.1, -0.05) is 42.0 Å². The summed E-state index contributed by atoms with van der Waals surface area (Å²) in [4.78, 5) is 10.5. The maximum Gasteiger partial charge on any atom is 0.274 e. The van der Waals surface area contributed by atoms with Gasteiger partial charge >= 0.3 is 0 Å². The molecule has 0 N–H and O–H groups in total. The van der Waals surface area contributed by atoms with Crippen molar-refractivity contribution in [1.29, 1.82) is 0 Å². The van der Waals surface area contributed by atoms with Gasteiger partial charge in [0.25, 0.3) is 5.69 Å². The van der Waals surface area contributed by atoms with Crippen molar-refractivity contribution in [1.82, 2.24) is 0 Å². The summed E-state index contributed by atoms with van der Waals surface area (Å²) in [5, 5.41) is 10.8. The largest absolute Gasteiger partial charge is 0.372 e. The minimum Gasteiger partial charge on any atom is -0.372 e.